The van der Waals surface area contributed by atoms with E-state index in [-0.39, 0.29) is 10.6 Å². The molecule has 2 rings (SSSR count). The van der Waals surface area contributed by atoms with Crippen molar-refractivity contribution in [1.29, 1.82) is 0 Å². The van der Waals surface area contributed by atoms with E-state index in [1.165, 1.54) is 20.2 Å². The van der Waals surface area contributed by atoms with Crippen LogP contribution in [0.5, 0.6) is 0 Å². The van der Waals surface area contributed by atoms with Gasteiger partial charge in [-0.25, -0.2) is 12.7 Å². The number of piperidine rings is 1. The molecule has 0 bridgehead atoms. The van der Waals surface area contributed by atoms with Crippen LogP contribution in [-0.2, 0) is 10.0 Å². The molecule has 1 saturated heterocycles. The van der Waals surface area contributed by atoms with Crippen LogP contribution in [0.4, 0.5) is 11.4 Å². The zero-order valence-electron chi connectivity index (χ0n) is 12.7. The fourth-order valence-electron chi connectivity index (χ4n) is 2.66. The van der Waals surface area contributed by atoms with E-state index in [0.717, 1.165) is 23.7 Å². The summed E-state index contributed by atoms with van der Waals surface area (Å²) >= 11 is 0. The first-order chi connectivity index (χ1) is 9.65. The molecular weight excluding hydrogens is 290 g/mol. The molecule has 1 atom stereocenters. The van der Waals surface area contributed by atoms with Crippen molar-refractivity contribution in [2.45, 2.75) is 30.3 Å². The molecule has 1 aliphatic heterocycles. The third-order valence-corrected chi connectivity index (χ3v) is 5.69. The minimum atomic E-state index is -3.58. The van der Waals surface area contributed by atoms with E-state index in [0.29, 0.717) is 12.2 Å². The summed E-state index contributed by atoms with van der Waals surface area (Å²) in [6.45, 7) is 2.99. The molecule has 0 amide bonds. The summed E-state index contributed by atoms with van der Waals surface area (Å²) in [7, 11) is -0.620. The van der Waals surface area contributed by atoms with Crippen molar-refractivity contribution in [2.24, 2.45) is 0 Å². The number of hydrogen-bond acceptors (Lipinski definition) is 5. The molecule has 1 heterocycles. The largest absolute Gasteiger partial charge is 0.396 e. The topological polar surface area (TPSA) is 86.9 Å². The van der Waals surface area contributed by atoms with Crippen molar-refractivity contribution in [3.05, 3.63) is 18.2 Å². The third kappa shape index (κ3) is 3.14. The highest BCUT2D eigenvalue weighted by Gasteiger charge is 2.30. The van der Waals surface area contributed by atoms with Gasteiger partial charge in [0.25, 0.3) is 0 Å². The Hall–Kier alpha value is -1.31. The Balaban J connectivity index is 2.44. The minimum absolute atomic E-state index is 0.107. The predicted octanol–water partition coefficient (Wildman–Crippen LogP) is 0.870. The molecule has 7 heteroatoms. The fraction of sp³-hybridized carbons (Fsp3) is 0.571. The number of β-amino-alcohol motifs (C(OH)–C–C–N with tert-alkyl or cyclic N) is 1. The number of rotatable bonds is 3. The number of benzene rings is 1. The van der Waals surface area contributed by atoms with Crippen molar-refractivity contribution in [1.82, 2.24) is 4.31 Å². The second-order valence-corrected chi connectivity index (χ2v) is 8.12. The average molecular weight is 313 g/mol. The Morgan fingerprint density at radius 2 is 2.05 bits per heavy atom. The summed E-state index contributed by atoms with van der Waals surface area (Å²) in [5.41, 5.74) is 6.23. The maximum atomic E-state index is 12.3. The van der Waals surface area contributed by atoms with Gasteiger partial charge in [0.1, 0.15) is 4.90 Å². The van der Waals surface area contributed by atoms with Crippen LogP contribution in [-0.4, -0.2) is 50.6 Å². The lowest BCUT2D eigenvalue weighted by molar-refractivity contribution is 0.0449. The highest BCUT2D eigenvalue weighted by Crippen LogP contribution is 2.34. The molecule has 0 spiro atoms. The highest BCUT2D eigenvalue weighted by atomic mass is 32.2. The van der Waals surface area contributed by atoms with Crippen LogP contribution in [0.15, 0.2) is 23.1 Å². The van der Waals surface area contributed by atoms with Crippen molar-refractivity contribution < 1.29 is 13.5 Å². The normalized spacial score (nSPS) is 23.6. The fourth-order valence-corrected chi connectivity index (χ4v) is 3.68. The Kier molecular flexibility index (Phi) is 4.19. The number of para-hydroxylation sites is 1. The lowest BCUT2D eigenvalue weighted by atomic mass is 9.94. The zero-order valence-corrected chi connectivity index (χ0v) is 13.5. The van der Waals surface area contributed by atoms with Crippen molar-refractivity contribution >= 4 is 21.4 Å². The third-order valence-electron chi connectivity index (χ3n) is 3.82. The van der Waals surface area contributed by atoms with E-state index in [2.05, 4.69) is 0 Å². The van der Waals surface area contributed by atoms with Gasteiger partial charge in [-0.3, -0.25) is 0 Å². The summed E-state index contributed by atoms with van der Waals surface area (Å²) in [6, 6.07) is 4.99. The monoisotopic (exact) mass is 313 g/mol. The van der Waals surface area contributed by atoms with Crippen LogP contribution in [0.25, 0.3) is 0 Å². The summed E-state index contributed by atoms with van der Waals surface area (Å²) < 4.78 is 25.7. The van der Waals surface area contributed by atoms with Gasteiger partial charge in [-0.2, -0.15) is 0 Å². The second kappa shape index (κ2) is 5.47. The first-order valence-electron chi connectivity index (χ1n) is 6.93. The predicted molar refractivity (Wildman–Crippen MR) is 83.8 cm³/mol. The summed E-state index contributed by atoms with van der Waals surface area (Å²) in [4.78, 5) is 2.06. The number of nitrogens with zero attached hydrogens (tertiary/aromatic N) is 2. The van der Waals surface area contributed by atoms with Crippen LogP contribution in [0.1, 0.15) is 19.8 Å². The van der Waals surface area contributed by atoms with Crippen LogP contribution in [0.3, 0.4) is 0 Å². The van der Waals surface area contributed by atoms with Crippen LogP contribution >= 0.6 is 0 Å². The highest BCUT2D eigenvalue weighted by molar-refractivity contribution is 7.89. The number of nitrogens with two attached hydrogens (primary N) is 1. The van der Waals surface area contributed by atoms with Gasteiger partial charge >= 0.3 is 0 Å². The van der Waals surface area contributed by atoms with Gasteiger partial charge in [-0.1, -0.05) is 6.07 Å². The maximum absolute atomic E-state index is 12.3. The van der Waals surface area contributed by atoms with E-state index in [4.69, 9.17) is 5.73 Å². The molecule has 21 heavy (non-hydrogen) atoms. The zero-order chi connectivity index (χ0) is 15.8. The minimum Gasteiger partial charge on any atom is -0.396 e. The molecular formula is C14H23N3O3S. The number of aliphatic hydroxyl groups is 1. The molecule has 0 saturated carbocycles. The second-order valence-electron chi connectivity index (χ2n) is 6.00. The van der Waals surface area contributed by atoms with E-state index in [1.54, 1.807) is 19.1 Å². The van der Waals surface area contributed by atoms with E-state index < -0.39 is 15.6 Å². The smallest absolute Gasteiger partial charge is 0.244 e. The first kappa shape index (κ1) is 16.1. The Morgan fingerprint density at radius 3 is 2.62 bits per heavy atom. The number of sulfonamides is 1. The molecule has 3 N–H and O–H groups in total. The van der Waals surface area contributed by atoms with Gasteiger partial charge in [0, 0.05) is 27.2 Å². The Morgan fingerprint density at radius 1 is 1.38 bits per heavy atom. The van der Waals surface area contributed by atoms with Gasteiger partial charge in [0.15, 0.2) is 0 Å². The van der Waals surface area contributed by atoms with Crippen molar-refractivity contribution in [3.8, 4) is 0 Å². The van der Waals surface area contributed by atoms with Crippen molar-refractivity contribution in [2.75, 3.05) is 37.8 Å². The molecule has 1 unspecified atom stereocenters. The number of anilines is 2. The number of nitrogen functional groups attached to an aromatic ring is 1. The lowest BCUT2D eigenvalue weighted by Gasteiger charge is -2.39. The standard InChI is InChI=1S/C14H23N3O3S/c1-14(18)8-5-9-17(10-14)11-6-4-7-12(13(11)15)21(19,20)16(2)3/h4,6-7,18H,5,8-10,15H2,1-3H3. The molecule has 6 nitrogen and oxygen atoms in total. The van der Waals surface area contributed by atoms with Gasteiger partial charge in [-0.15, -0.1) is 0 Å². The summed E-state index contributed by atoms with van der Waals surface area (Å²) in [5.74, 6) is 0. The molecule has 1 aliphatic rings. The van der Waals surface area contributed by atoms with Gasteiger partial charge in [0.2, 0.25) is 10.0 Å². The molecule has 0 aromatic heterocycles. The van der Waals surface area contributed by atoms with E-state index >= 15 is 0 Å². The van der Waals surface area contributed by atoms with Crippen LogP contribution < -0.4 is 10.6 Å². The van der Waals surface area contributed by atoms with Crippen LogP contribution in [0.2, 0.25) is 0 Å². The molecule has 0 aliphatic carbocycles. The van der Waals surface area contributed by atoms with Crippen molar-refractivity contribution in [3.63, 3.8) is 0 Å². The SMILES string of the molecule is CN(C)S(=O)(=O)c1cccc(N2CCCC(C)(O)C2)c1N. The van der Waals surface area contributed by atoms with Gasteiger partial charge < -0.3 is 15.7 Å². The molecule has 1 fully saturated rings. The summed E-state index contributed by atoms with van der Waals surface area (Å²) in [5, 5.41) is 10.2. The van der Waals surface area contributed by atoms with Gasteiger partial charge in [-0.05, 0) is 31.9 Å². The number of hydrogen-bond donors (Lipinski definition) is 2. The molecule has 1 aromatic rings. The summed E-state index contributed by atoms with van der Waals surface area (Å²) in [6.07, 6.45) is 1.58. The lowest BCUT2D eigenvalue weighted by Crippen LogP contribution is -2.46. The van der Waals surface area contributed by atoms with Gasteiger partial charge in [0.05, 0.1) is 17.0 Å². The molecule has 118 valence electrons. The average Bonchev–Trinajstić information content (AvgIpc) is 2.37. The Labute approximate surface area is 126 Å². The van der Waals surface area contributed by atoms with E-state index in [1.807, 2.05) is 4.90 Å². The quantitative estimate of drug-likeness (QED) is 0.809. The Bertz CT molecular complexity index is 626. The molecule has 0 radical (unpaired) electrons. The molecule has 1 aromatic carbocycles. The van der Waals surface area contributed by atoms with E-state index in [9.17, 15) is 13.5 Å². The first-order valence-corrected chi connectivity index (χ1v) is 8.37. The maximum Gasteiger partial charge on any atom is 0.244 e. The van der Waals surface area contributed by atoms with Crippen LogP contribution in [0, 0.1) is 0 Å².